The van der Waals surface area contributed by atoms with Crippen LogP contribution in [0.3, 0.4) is 0 Å². The van der Waals surface area contributed by atoms with E-state index < -0.39 is 9.84 Å². The van der Waals surface area contributed by atoms with Gasteiger partial charge in [0.25, 0.3) is 0 Å². The average molecular weight is 313 g/mol. The van der Waals surface area contributed by atoms with Crippen LogP contribution in [0.2, 0.25) is 0 Å². The molecule has 0 amide bonds. The standard InChI is InChI=1S/C15H27N3O2S/c1-7-21(19,20)9-8-16-13-10-12(15(4,5)6)17-14(18-13)11(2)3/h10-11H,7-9H2,1-6H3,(H,16,17,18). The van der Waals surface area contributed by atoms with Crippen molar-refractivity contribution in [1.82, 2.24) is 9.97 Å². The van der Waals surface area contributed by atoms with Crippen LogP contribution in [0.4, 0.5) is 5.82 Å². The number of hydrogen-bond donors (Lipinski definition) is 1. The van der Waals surface area contributed by atoms with Crippen LogP contribution in [0.15, 0.2) is 6.07 Å². The van der Waals surface area contributed by atoms with Gasteiger partial charge in [-0.3, -0.25) is 0 Å². The van der Waals surface area contributed by atoms with Gasteiger partial charge in [-0.15, -0.1) is 0 Å². The molecule has 21 heavy (non-hydrogen) atoms. The normalized spacial score (nSPS) is 12.7. The fourth-order valence-electron chi connectivity index (χ4n) is 1.68. The summed E-state index contributed by atoms with van der Waals surface area (Å²) in [7, 11) is -2.96. The molecule has 1 rings (SSSR count). The summed E-state index contributed by atoms with van der Waals surface area (Å²) in [6, 6.07) is 1.91. The molecule has 0 atom stereocenters. The van der Waals surface area contributed by atoms with Gasteiger partial charge in [0.05, 0.1) is 11.4 Å². The van der Waals surface area contributed by atoms with Crippen molar-refractivity contribution in [2.75, 3.05) is 23.4 Å². The van der Waals surface area contributed by atoms with Gasteiger partial charge in [0.1, 0.15) is 11.6 Å². The van der Waals surface area contributed by atoms with Gasteiger partial charge >= 0.3 is 0 Å². The minimum Gasteiger partial charge on any atom is -0.369 e. The van der Waals surface area contributed by atoms with Gasteiger partial charge in [-0.05, 0) is 0 Å². The molecule has 1 aromatic rings. The van der Waals surface area contributed by atoms with Crippen LogP contribution >= 0.6 is 0 Å². The lowest BCUT2D eigenvalue weighted by atomic mass is 9.91. The van der Waals surface area contributed by atoms with Crippen LogP contribution in [0.25, 0.3) is 0 Å². The topological polar surface area (TPSA) is 72.0 Å². The molecule has 0 aliphatic heterocycles. The second-order valence-corrected chi connectivity index (χ2v) is 9.04. The zero-order valence-corrected chi connectivity index (χ0v) is 14.7. The van der Waals surface area contributed by atoms with Gasteiger partial charge in [0.2, 0.25) is 0 Å². The fourth-order valence-corrected chi connectivity index (χ4v) is 2.38. The van der Waals surface area contributed by atoms with Gasteiger partial charge in [0.15, 0.2) is 9.84 Å². The molecule has 0 unspecified atom stereocenters. The van der Waals surface area contributed by atoms with Crippen LogP contribution in [-0.2, 0) is 15.3 Å². The summed E-state index contributed by atoms with van der Waals surface area (Å²) in [5, 5.41) is 3.11. The Balaban J connectivity index is 2.94. The third kappa shape index (κ3) is 5.61. The zero-order chi connectivity index (χ0) is 16.3. The van der Waals surface area contributed by atoms with Crippen molar-refractivity contribution in [3.8, 4) is 0 Å². The minimum absolute atomic E-state index is 0.0709. The van der Waals surface area contributed by atoms with Crippen LogP contribution in [-0.4, -0.2) is 36.4 Å². The van der Waals surface area contributed by atoms with E-state index in [2.05, 4.69) is 36.1 Å². The molecule has 0 saturated heterocycles. The van der Waals surface area contributed by atoms with Crippen LogP contribution in [0, 0.1) is 0 Å². The van der Waals surface area contributed by atoms with Crippen LogP contribution in [0.1, 0.15) is 59.0 Å². The molecule has 1 heterocycles. The first kappa shape index (κ1) is 17.9. The second-order valence-electron chi connectivity index (χ2n) is 6.56. The molecule has 0 radical (unpaired) electrons. The first-order valence-corrected chi connectivity index (χ1v) is 9.21. The lowest BCUT2D eigenvalue weighted by molar-refractivity contribution is 0.558. The summed E-state index contributed by atoms with van der Waals surface area (Å²) in [6.07, 6.45) is 0. The summed E-state index contributed by atoms with van der Waals surface area (Å²) in [6.45, 7) is 12.4. The number of hydrogen-bond acceptors (Lipinski definition) is 5. The number of nitrogens with zero attached hydrogens (tertiary/aromatic N) is 2. The molecule has 0 aliphatic carbocycles. The Labute approximate surface area is 128 Å². The van der Waals surface area contributed by atoms with Gasteiger partial charge in [-0.2, -0.15) is 0 Å². The van der Waals surface area contributed by atoms with Crippen molar-refractivity contribution in [2.45, 2.75) is 52.9 Å². The average Bonchev–Trinajstić information content (AvgIpc) is 2.37. The van der Waals surface area contributed by atoms with E-state index in [-0.39, 0.29) is 22.8 Å². The van der Waals surface area contributed by atoms with E-state index in [0.717, 1.165) is 11.5 Å². The Hall–Kier alpha value is -1.17. The molecular weight excluding hydrogens is 286 g/mol. The first-order chi connectivity index (χ1) is 9.55. The third-order valence-electron chi connectivity index (χ3n) is 3.19. The smallest absolute Gasteiger partial charge is 0.151 e. The van der Waals surface area contributed by atoms with Gasteiger partial charge < -0.3 is 5.32 Å². The number of anilines is 1. The predicted molar refractivity (Wildman–Crippen MR) is 87.6 cm³/mol. The van der Waals surface area contributed by atoms with Gasteiger partial charge in [-0.25, -0.2) is 18.4 Å². The summed E-state index contributed by atoms with van der Waals surface area (Å²) < 4.78 is 23.0. The Bertz CT molecular complexity index is 575. The van der Waals surface area contributed by atoms with Crippen molar-refractivity contribution >= 4 is 15.7 Å². The molecule has 0 bridgehead atoms. The Morgan fingerprint density at radius 1 is 1.24 bits per heavy atom. The van der Waals surface area contributed by atoms with Crippen molar-refractivity contribution in [2.24, 2.45) is 0 Å². The third-order valence-corrected chi connectivity index (χ3v) is 4.89. The van der Waals surface area contributed by atoms with Crippen LogP contribution < -0.4 is 5.32 Å². The molecular formula is C15H27N3O2S. The van der Waals surface area contributed by atoms with E-state index in [9.17, 15) is 8.42 Å². The van der Waals surface area contributed by atoms with Crippen molar-refractivity contribution in [3.05, 3.63) is 17.6 Å². The SMILES string of the molecule is CCS(=O)(=O)CCNc1cc(C(C)(C)C)nc(C(C)C)n1. The highest BCUT2D eigenvalue weighted by atomic mass is 32.2. The Kier molecular flexibility index (Phi) is 5.73. The number of rotatable bonds is 6. The summed E-state index contributed by atoms with van der Waals surface area (Å²) in [4.78, 5) is 9.08. The van der Waals surface area contributed by atoms with E-state index in [1.807, 2.05) is 19.9 Å². The maximum atomic E-state index is 11.5. The quantitative estimate of drug-likeness (QED) is 0.874. The molecule has 0 saturated carbocycles. The molecule has 120 valence electrons. The largest absolute Gasteiger partial charge is 0.369 e. The van der Waals surface area contributed by atoms with E-state index in [0.29, 0.717) is 12.4 Å². The predicted octanol–water partition coefficient (Wildman–Crippen LogP) is 2.74. The first-order valence-electron chi connectivity index (χ1n) is 7.39. The Morgan fingerprint density at radius 3 is 2.33 bits per heavy atom. The molecule has 0 fully saturated rings. The Morgan fingerprint density at radius 2 is 1.86 bits per heavy atom. The maximum Gasteiger partial charge on any atom is 0.151 e. The van der Waals surface area contributed by atoms with Crippen molar-refractivity contribution in [1.29, 1.82) is 0 Å². The summed E-state index contributed by atoms with van der Waals surface area (Å²) >= 11 is 0. The molecule has 6 heteroatoms. The van der Waals surface area contributed by atoms with Gasteiger partial charge in [0, 0.05) is 29.7 Å². The van der Waals surface area contributed by atoms with E-state index >= 15 is 0 Å². The van der Waals surface area contributed by atoms with Gasteiger partial charge in [-0.1, -0.05) is 41.5 Å². The van der Waals surface area contributed by atoms with Crippen LogP contribution in [0.5, 0.6) is 0 Å². The highest BCUT2D eigenvalue weighted by Crippen LogP contribution is 2.24. The van der Waals surface area contributed by atoms with E-state index in [1.54, 1.807) is 6.92 Å². The van der Waals surface area contributed by atoms with E-state index in [1.165, 1.54) is 0 Å². The number of nitrogens with one attached hydrogen (secondary N) is 1. The second kappa shape index (κ2) is 6.73. The summed E-state index contributed by atoms with van der Waals surface area (Å²) in [5.74, 6) is 2.00. The molecule has 0 aromatic carbocycles. The molecule has 1 aromatic heterocycles. The number of aromatic nitrogens is 2. The highest BCUT2D eigenvalue weighted by Gasteiger charge is 2.19. The lowest BCUT2D eigenvalue weighted by Crippen LogP contribution is -2.20. The molecule has 5 nitrogen and oxygen atoms in total. The zero-order valence-electron chi connectivity index (χ0n) is 13.9. The maximum absolute atomic E-state index is 11.5. The molecule has 0 spiro atoms. The number of sulfone groups is 1. The molecule has 1 N–H and O–H groups in total. The molecule has 0 aliphatic rings. The minimum atomic E-state index is -2.96. The lowest BCUT2D eigenvalue weighted by Gasteiger charge is -2.20. The summed E-state index contributed by atoms with van der Waals surface area (Å²) in [5.41, 5.74) is 0.889. The van der Waals surface area contributed by atoms with Crippen molar-refractivity contribution < 1.29 is 8.42 Å². The highest BCUT2D eigenvalue weighted by molar-refractivity contribution is 7.91. The van der Waals surface area contributed by atoms with E-state index in [4.69, 9.17) is 0 Å². The van der Waals surface area contributed by atoms with Crippen molar-refractivity contribution in [3.63, 3.8) is 0 Å². The fraction of sp³-hybridized carbons (Fsp3) is 0.733. The monoisotopic (exact) mass is 313 g/mol.